The van der Waals surface area contributed by atoms with Gasteiger partial charge in [0.25, 0.3) is 0 Å². The lowest BCUT2D eigenvalue weighted by molar-refractivity contribution is -0.0679. The van der Waals surface area contributed by atoms with Gasteiger partial charge in [0.2, 0.25) is 0 Å². The van der Waals surface area contributed by atoms with Crippen LogP contribution in [-0.4, -0.2) is 23.3 Å². The molecule has 0 aromatic carbocycles. The minimum atomic E-state index is -0.874. The predicted molar refractivity (Wildman–Crippen MR) is 60.9 cm³/mol. The summed E-state index contributed by atoms with van der Waals surface area (Å²) in [6.45, 7) is 1.12. The molecule has 1 saturated heterocycles. The molecule has 1 N–H and O–H groups in total. The lowest BCUT2D eigenvalue weighted by atomic mass is 9.87. The third-order valence-corrected chi connectivity index (χ3v) is 3.38. The smallest absolute Gasteiger partial charge is 0.106 e. The average Bonchev–Trinajstić information content (AvgIpc) is 2.23. The lowest BCUT2D eigenvalue weighted by Crippen LogP contribution is -2.33. The molecule has 1 aliphatic heterocycles. The number of halogens is 2. The van der Waals surface area contributed by atoms with E-state index in [4.69, 9.17) is 16.3 Å². The van der Waals surface area contributed by atoms with Gasteiger partial charge in [0.1, 0.15) is 4.60 Å². The van der Waals surface area contributed by atoms with Crippen molar-refractivity contribution < 1.29 is 9.84 Å². The van der Waals surface area contributed by atoms with Gasteiger partial charge in [0.15, 0.2) is 0 Å². The van der Waals surface area contributed by atoms with Gasteiger partial charge in [-0.25, -0.2) is 4.98 Å². The number of nitrogens with zero attached hydrogens (tertiary/aromatic N) is 1. The zero-order valence-electron chi connectivity index (χ0n) is 8.04. The number of ether oxygens (including phenoxy) is 1. The molecule has 0 unspecified atom stereocenters. The molecule has 0 atom stereocenters. The second-order valence-corrected chi connectivity index (χ2v) is 4.85. The maximum atomic E-state index is 10.4. The zero-order valence-corrected chi connectivity index (χ0v) is 10.4. The molecule has 3 nitrogen and oxygen atoms in total. The van der Waals surface area contributed by atoms with Crippen molar-refractivity contribution in [3.05, 3.63) is 27.5 Å². The number of hydrogen-bond acceptors (Lipinski definition) is 3. The number of rotatable bonds is 1. The van der Waals surface area contributed by atoms with Gasteiger partial charge in [-0.3, -0.25) is 0 Å². The fourth-order valence-corrected chi connectivity index (χ4v) is 2.36. The molecule has 82 valence electrons. The lowest BCUT2D eigenvalue weighted by Gasteiger charge is -2.33. The standard InChI is InChI=1S/C10H11BrClNO2/c11-9-5-7(8(12)6-13-9)10(14)1-3-15-4-2-10/h5-6,14H,1-4H2. The Labute approximate surface area is 102 Å². The van der Waals surface area contributed by atoms with Crippen LogP contribution >= 0.6 is 27.5 Å². The molecule has 1 aromatic rings. The van der Waals surface area contributed by atoms with E-state index in [2.05, 4.69) is 20.9 Å². The molecule has 0 saturated carbocycles. The number of aliphatic hydroxyl groups is 1. The van der Waals surface area contributed by atoms with Crippen LogP contribution in [0.5, 0.6) is 0 Å². The van der Waals surface area contributed by atoms with Crippen LogP contribution in [0.2, 0.25) is 5.02 Å². The second-order valence-electron chi connectivity index (χ2n) is 3.63. The summed E-state index contributed by atoms with van der Waals surface area (Å²) in [6, 6.07) is 1.77. The van der Waals surface area contributed by atoms with Crippen molar-refractivity contribution in [2.75, 3.05) is 13.2 Å². The van der Waals surface area contributed by atoms with Crippen molar-refractivity contribution in [2.24, 2.45) is 0 Å². The van der Waals surface area contributed by atoms with E-state index in [0.717, 1.165) is 5.56 Å². The summed E-state index contributed by atoms with van der Waals surface area (Å²) >= 11 is 9.31. The van der Waals surface area contributed by atoms with Gasteiger partial charge in [0.05, 0.1) is 10.6 Å². The summed E-state index contributed by atoms with van der Waals surface area (Å²) in [6.07, 6.45) is 2.70. The first kappa shape index (κ1) is 11.3. The topological polar surface area (TPSA) is 42.4 Å². The van der Waals surface area contributed by atoms with Crippen LogP contribution in [0, 0.1) is 0 Å². The minimum Gasteiger partial charge on any atom is -0.385 e. The molecule has 2 rings (SSSR count). The first-order chi connectivity index (χ1) is 7.12. The summed E-state index contributed by atoms with van der Waals surface area (Å²) in [5.74, 6) is 0. The molecule has 0 bridgehead atoms. The molecular formula is C10H11BrClNO2. The van der Waals surface area contributed by atoms with Gasteiger partial charge in [-0.2, -0.15) is 0 Å². The Bertz CT molecular complexity index is 366. The van der Waals surface area contributed by atoms with Gasteiger partial charge in [-0.15, -0.1) is 0 Å². The highest BCUT2D eigenvalue weighted by Crippen LogP contribution is 2.36. The Morgan fingerprint density at radius 3 is 2.80 bits per heavy atom. The van der Waals surface area contributed by atoms with Crippen molar-refractivity contribution in [1.29, 1.82) is 0 Å². The number of aromatic nitrogens is 1. The molecule has 15 heavy (non-hydrogen) atoms. The maximum Gasteiger partial charge on any atom is 0.106 e. The van der Waals surface area contributed by atoms with Crippen LogP contribution in [0.4, 0.5) is 0 Å². The van der Waals surface area contributed by atoms with Gasteiger partial charge in [-0.1, -0.05) is 11.6 Å². The molecule has 1 aliphatic rings. The highest BCUT2D eigenvalue weighted by atomic mass is 79.9. The number of hydrogen-bond donors (Lipinski definition) is 1. The summed E-state index contributed by atoms with van der Waals surface area (Å²) < 4.78 is 5.91. The Kier molecular flexibility index (Phi) is 3.30. The predicted octanol–water partition coefficient (Wildman–Crippen LogP) is 2.50. The van der Waals surface area contributed by atoms with Crippen molar-refractivity contribution in [3.63, 3.8) is 0 Å². The summed E-state index contributed by atoms with van der Waals surface area (Å²) in [5, 5.41) is 10.9. The SMILES string of the molecule is OC1(c2cc(Br)ncc2Cl)CCOCC1. The summed E-state index contributed by atoms with van der Waals surface area (Å²) in [7, 11) is 0. The van der Waals surface area contributed by atoms with Gasteiger partial charge < -0.3 is 9.84 Å². The van der Waals surface area contributed by atoms with E-state index in [9.17, 15) is 5.11 Å². The van der Waals surface area contributed by atoms with Gasteiger partial charge >= 0.3 is 0 Å². The highest BCUT2D eigenvalue weighted by molar-refractivity contribution is 9.10. The van der Waals surface area contributed by atoms with Crippen LogP contribution < -0.4 is 0 Å². The Morgan fingerprint density at radius 2 is 2.13 bits per heavy atom. The Hall–Kier alpha value is -0.160. The average molecular weight is 293 g/mol. The first-order valence-corrected chi connectivity index (χ1v) is 5.90. The zero-order chi connectivity index (χ0) is 10.9. The molecule has 0 aliphatic carbocycles. The fraction of sp³-hybridized carbons (Fsp3) is 0.500. The largest absolute Gasteiger partial charge is 0.385 e. The van der Waals surface area contributed by atoms with E-state index in [1.807, 2.05) is 0 Å². The van der Waals surface area contributed by atoms with E-state index in [0.29, 0.717) is 35.7 Å². The quantitative estimate of drug-likeness (QED) is 0.809. The maximum absolute atomic E-state index is 10.4. The summed E-state index contributed by atoms with van der Waals surface area (Å²) in [4.78, 5) is 4.01. The molecule has 5 heteroatoms. The molecule has 0 spiro atoms. The fourth-order valence-electron chi connectivity index (χ4n) is 1.75. The normalized spacial score (nSPS) is 20.2. The van der Waals surface area contributed by atoms with E-state index < -0.39 is 5.60 Å². The van der Waals surface area contributed by atoms with Crippen molar-refractivity contribution >= 4 is 27.5 Å². The first-order valence-electron chi connectivity index (χ1n) is 4.73. The molecule has 2 heterocycles. The van der Waals surface area contributed by atoms with Gasteiger partial charge in [0, 0.05) is 37.8 Å². The van der Waals surface area contributed by atoms with Crippen molar-refractivity contribution in [3.8, 4) is 0 Å². The molecule has 0 radical (unpaired) electrons. The second kappa shape index (κ2) is 4.37. The van der Waals surface area contributed by atoms with Crippen LogP contribution in [-0.2, 0) is 10.3 Å². The number of pyridine rings is 1. The van der Waals surface area contributed by atoms with Crippen LogP contribution in [0.25, 0.3) is 0 Å². The van der Waals surface area contributed by atoms with E-state index in [1.165, 1.54) is 0 Å². The Morgan fingerprint density at radius 1 is 1.47 bits per heavy atom. The summed E-state index contributed by atoms with van der Waals surface area (Å²) in [5.41, 5.74) is -0.143. The molecule has 0 amide bonds. The van der Waals surface area contributed by atoms with E-state index >= 15 is 0 Å². The minimum absolute atomic E-state index is 0.502. The van der Waals surface area contributed by atoms with E-state index in [1.54, 1.807) is 12.3 Å². The van der Waals surface area contributed by atoms with Gasteiger partial charge in [-0.05, 0) is 22.0 Å². The van der Waals surface area contributed by atoms with Crippen LogP contribution in [0.3, 0.4) is 0 Å². The molecule has 1 aromatic heterocycles. The van der Waals surface area contributed by atoms with Crippen molar-refractivity contribution in [2.45, 2.75) is 18.4 Å². The van der Waals surface area contributed by atoms with Crippen LogP contribution in [0.1, 0.15) is 18.4 Å². The van der Waals surface area contributed by atoms with Crippen LogP contribution in [0.15, 0.2) is 16.9 Å². The third-order valence-electron chi connectivity index (χ3n) is 2.64. The van der Waals surface area contributed by atoms with E-state index in [-0.39, 0.29) is 0 Å². The third kappa shape index (κ3) is 2.33. The Balaban J connectivity index is 2.38. The molecular weight excluding hydrogens is 281 g/mol. The molecule has 1 fully saturated rings. The highest BCUT2D eigenvalue weighted by Gasteiger charge is 2.33. The van der Waals surface area contributed by atoms with Crippen molar-refractivity contribution in [1.82, 2.24) is 4.98 Å². The monoisotopic (exact) mass is 291 g/mol.